The number of carbonyl (C=O) groups is 1. The van der Waals surface area contributed by atoms with Crippen LogP contribution in [-0.2, 0) is 16.0 Å². The van der Waals surface area contributed by atoms with Gasteiger partial charge < -0.3 is 14.8 Å². The standard InChI is InChI=1S/C16H23NO3/c1-19-16(18)8-7-13-4-2-6-15(10-13)20-12-14-5-3-9-17-11-14/h2,4,6,10,14,17H,3,5,7-9,11-12H2,1H3. The summed E-state index contributed by atoms with van der Waals surface area (Å²) in [6, 6.07) is 7.97. The van der Waals surface area contributed by atoms with Gasteiger partial charge in [-0.2, -0.15) is 0 Å². The Morgan fingerprint density at radius 3 is 3.10 bits per heavy atom. The summed E-state index contributed by atoms with van der Waals surface area (Å²) in [6.45, 7) is 2.93. The summed E-state index contributed by atoms with van der Waals surface area (Å²) in [4.78, 5) is 11.1. The molecule has 0 aromatic heterocycles. The largest absolute Gasteiger partial charge is 0.493 e. The lowest BCUT2D eigenvalue weighted by Gasteiger charge is -2.22. The van der Waals surface area contributed by atoms with Crippen LogP contribution in [-0.4, -0.2) is 32.8 Å². The minimum Gasteiger partial charge on any atom is -0.493 e. The molecule has 0 bridgehead atoms. The molecular formula is C16H23NO3. The summed E-state index contributed by atoms with van der Waals surface area (Å²) >= 11 is 0. The fourth-order valence-corrected chi connectivity index (χ4v) is 2.42. The van der Waals surface area contributed by atoms with E-state index in [9.17, 15) is 4.79 Å². The maximum Gasteiger partial charge on any atom is 0.305 e. The Morgan fingerprint density at radius 2 is 2.35 bits per heavy atom. The zero-order valence-corrected chi connectivity index (χ0v) is 12.1. The van der Waals surface area contributed by atoms with E-state index in [1.807, 2.05) is 24.3 Å². The van der Waals surface area contributed by atoms with Crippen molar-refractivity contribution in [1.29, 1.82) is 0 Å². The summed E-state index contributed by atoms with van der Waals surface area (Å²) in [5, 5.41) is 3.39. The topological polar surface area (TPSA) is 47.6 Å². The summed E-state index contributed by atoms with van der Waals surface area (Å²) in [5.74, 6) is 1.31. The third kappa shape index (κ3) is 4.85. The molecule has 1 unspecified atom stereocenters. The second-order valence-electron chi connectivity index (χ2n) is 5.25. The molecule has 20 heavy (non-hydrogen) atoms. The van der Waals surface area contributed by atoms with Crippen molar-refractivity contribution in [1.82, 2.24) is 5.32 Å². The number of hydrogen-bond donors (Lipinski definition) is 1. The van der Waals surface area contributed by atoms with E-state index >= 15 is 0 Å². The van der Waals surface area contributed by atoms with Gasteiger partial charge in [0, 0.05) is 18.9 Å². The van der Waals surface area contributed by atoms with E-state index in [4.69, 9.17) is 4.74 Å². The highest BCUT2D eigenvalue weighted by atomic mass is 16.5. The van der Waals surface area contributed by atoms with Crippen molar-refractivity contribution in [2.45, 2.75) is 25.7 Å². The van der Waals surface area contributed by atoms with Gasteiger partial charge in [0.2, 0.25) is 0 Å². The number of rotatable bonds is 6. The van der Waals surface area contributed by atoms with Gasteiger partial charge in [-0.1, -0.05) is 12.1 Å². The molecule has 0 spiro atoms. The SMILES string of the molecule is COC(=O)CCc1cccc(OCC2CCCNC2)c1. The lowest BCUT2D eigenvalue weighted by Crippen LogP contribution is -2.33. The molecule has 1 aromatic carbocycles. The summed E-state index contributed by atoms with van der Waals surface area (Å²) in [7, 11) is 1.42. The van der Waals surface area contributed by atoms with Gasteiger partial charge in [-0.3, -0.25) is 4.79 Å². The van der Waals surface area contributed by atoms with Crippen molar-refractivity contribution in [3.05, 3.63) is 29.8 Å². The van der Waals surface area contributed by atoms with Crippen LogP contribution in [0.5, 0.6) is 5.75 Å². The van der Waals surface area contributed by atoms with Crippen LogP contribution in [0.4, 0.5) is 0 Å². The number of benzene rings is 1. The van der Waals surface area contributed by atoms with Crippen LogP contribution >= 0.6 is 0 Å². The first kappa shape index (κ1) is 14.9. The minimum atomic E-state index is -0.176. The highest BCUT2D eigenvalue weighted by Crippen LogP contribution is 2.17. The van der Waals surface area contributed by atoms with Gasteiger partial charge in [-0.15, -0.1) is 0 Å². The minimum absolute atomic E-state index is 0.176. The number of nitrogens with one attached hydrogen (secondary N) is 1. The van der Waals surface area contributed by atoms with E-state index < -0.39 is 0 Å². The van der Waals surface area contributed by atoms with Crippen LogP contribution in [0.25, 0.3) is 0 Å². The molecule has 1 saturated heterocycles. The highest BCUT2D eigenvalue weighted by Gasteiger charge is 2.13. The predicted molar refractivity (Wildman–Crippen MR) is 77.9 cm³/mol. The average Bonchev–Trinajstić information content (AvgIpc) is 2.52. The Hall–Kier alpha value is -1.55. The molecule has 1 aliphatic heterocycles. The van der Waals surface area contributed by atoms with Crippen molar-refractivity contribution >= 4 is 5.97 Å². The number of carbonyl (C=O) groups excluding carboxylic acids is 1. The van der Waals surface area contributed by atoms with Crippen molar-refractivity contribution in [2.75, 3.05) is 26.8 Å². The van der Waals surface area contributed by atoms with Gasteiger partial charge in [0.1, 0.15) is 5.75 Å². The van der Waals surface area contributed by atoms with Crippen LogP contribution in [0, 0.1) is 5.92 Å². The Labute approximate surface area is 120 Å². The Kier molecular flexibility index (Phi) is 5.87. The van der Waals surface area contributed by atoms with Gasteiger partial charge in [0.05, 0.1) is 13.7 Å². The molecule has 0 amide bonds. The molecule has 4 heteroatoms. The van der Waals surface area contributed by atoms with Crippen molar-refractivity contribution in [2.24, 2.45) is 5.92 Å². The van der Waals surface area contributed by atoms with Crippen LogP contribution in [0.2, 0.25) is 0 Å². The second kappa shape index (κ2) is 7.90. The lowest BCUT2D eigenvalue weighted by atomic mass is 10.0. The van der Waals surface area contributed by atoms with E-state index in [2.05, 4.69) is 10.1 Å². The quantitative estimate of drug-likeness (QED) is 0.810. The first-order chi connectivity index (χ1) is 9.78. The lowest BCUT2D eigenvalue weighted by molar-refractivity contribution is -0.140. The molecule has 1 aliphatic rings. The molecule has 110 valence electrons. The summed E-state index contributed by atoms with van der Waals surface area (Å²) in [5.41, 5.74) is 1.11. The number of methoxy groups -OCH3 is 1. The van der Waals surface area contributed by atoms with Gasteiger partial charge in [0.25, 0.3) is 0 Å². The summed E-state index contributed by atoms with van der Waals surface area (Å²) < 4.78 is 10.5. The average molecular weight is 277 g/mol. The molecule has 2 rings (SSSR count). The number of piperidine rings is 1. The van der Waals surface area contributed by atoms with E-state index in [0.29, 0.717) is 18.8 Å². The molecular weight excluding hydrogens is 254 g/mol. The van der Waals surface area contributed by atoms with E-state index in [-0.39, 0.29) is 5.97 Å². The molecule has 0 aliphatic carbocycles. The molecule has 1 heterocycles. The van der Waals surface area contributed by atoms with Gasteiger partial charge in [0.15, 0.2) is 0 Å². The molecule has 1 N–H and O–H groups in total. The van der Waals surface area contributed by atoms with Crippen LogP contribution < -0.4 is 10.1 Å². The molecule has 1 atom stereocenters. The zero-order chi connectivity index (χ0) is 14.2. The normalized spacial score (nSPS) is 18.6. The first-order valence-corrected chi connectivity index (χ1v) is 7.27. The monoisotopic (exact) mass is 277 g/mol. The van der Waals surface area contributed by atoms with Gasteiger partial charge in [-0.25, -0.2) is 0 Å². The fourth-order valence-electron chi connectivity index (χ4n) is 2.42. The van der Waals surface area contributed by atoms with Gasteiger partial charge >= 0.3 is 5.97 Å². The third-order valence-corrected chi connectivity index (χ3v) is 3.63. The van der Waals surface area contributed by atoms with Crippen molar-refractivity contribution in [3.63, 3.8) is 0 Å². The Bertz CT molecular complexity index is 427. The van der Waals surface area contributed by atoms with Crippen LogP contribution in [0.1, 0.15) is 24.8 Å². The first-order valence-electron chi connectivity index (χ1n) is 7.27. The van der Waals surface area contributed by atoms with Crippen molar-refractivity contribution < 1.29 is 14.3 Å². The molecule has 0 saturated carbocycles. The third-order valence-electron chi connectivity index (χ3n) is 3.63. The molecule has 1 fully saturated rings. The molecule has 1 aromatic rings. The smallest absolute Gasteiger partial charge is 0.305 e. The van der Waals surface area contributed by atoms with E-state index in [0.717, 1.165) is 31.0 Å². The van der Waals surface area contributed by atoms with E-state index in [1.165, 1.54) is 20.0 Å². The summed E-state index contributed by atoms with van der Waals surface area (Å²) in [6.07, 6.45) is 3.56. The van der Waals surface area contributed by atoms with Crippen molar-refractivity contribution in [3.8, 4) is 5.75 Å². The maximum atomic E-state index is 11.1. The fraction of sp³-hybridized carbons (Fsp3) is 0.562. The van der Waals surface area contributed by atoms with E-state index in [1.54, 1.807) is 0 Å². The highest BCUT2D eigenvalue weighted by molar-refractivity contribution is 5.69. The second-order valence-corrected chi connectivity index (χ2v) is 5.25. The molecule has 4 nitrogen and oxygen atoms in total. The predicted octanol–water partition coefficient (Wildman–Crippen LogP) is 2.17. The van der Waals surface area contributed by atoms with Gasteiger partial charge in [-0.05, 0) is 43.5 Å². The number of ether oxygens (including phenoxy) is 2. The maximum absolute atomic E-state index is 11.1. The Morgan fingerprint density at radius 1 is 1.45 bits per heavy atom. The van der Waals surface area contributed by atoms with Crippen LogP contribution in [0.15, 0.2) is 24.3 Å². The number of aryl methyl sites for hydroxylation is 1. The molecule has 0 radical (unpaired) electrons. The Balaban J connectivity index is 1.80. The number of esters is 1. The van der Waals surface area contributed by atoms with Crippen LogP contribution in [0.3, 0.4) is 0 Å². The zero-order valence-electron chi connectivity index (χ0n) is 12.1. The number of hydrogen-bond acceptors (Lipinski definition) is 4.